The number of primary amides is 1. The highest BCUT2D eigenvalue weighted by atomic mass is 16.1. The van der Waals surface area contributed by atoms with Crippen molar-refractivity contribution >= 4 is 11.7 Å². The highest BCUT2D eigenvalue weighted by molar-refractivity contribution is 5.98. The van der Waals surface area contributed by atoms with Gasteiger partial charge in [0.05, 0.1) is 11.3 Å². The van der Waals surface area contributed by atoms with Gasteiger partial charge in [0.1, 0.15) is 5.82 Å². The van der Waals surface area contributed by atoms with E-state index in [1.54, 1.807) is 0 Å². The first kappa shape index (κ1) is 13.6. The molecule has 2 aromatic heterocycles. The van der Waals surface area contributed by atoms with Crippen LogP contribution in [0.2, 0.25) is 0 Å². The normalized spacial score (nSPS) is 14.1. The summed E-state index contributed by atoms with van der Waals surface area (Å²) in [5.74, 6) is 0.243. The summed E-state index contributed by atoms with van der Waals surface area (Å²) in [6.45, 7) is 7.38. The van der Waals surface area contributed by atoms with Crippen LogP contribution < -0.4 is 10.6 Å². The number of H-pyrrole nitrogens is 1. The summed E-state index contributed by atoms with van der Waals surface area (Å²) in [4.78, 5) is 18.4. The first-order valence-corrected chi connectivity index (χ1v) is 7.03. The molecular weight excluding hydrogens is 266 g/mol. The van der Waals surface area contributed by atoms with E-state index in [1.807, 2.05) is 26.8 Å². The summed E-state index contributed by atoms with van der Waals surface area (Å²) < 4.78 is 0. The lowest BCUT2D eigenvalue weighted by Gasteiger charge is -2.29. The minimum absolute atomic E-state index is 0.435. The van der Waals surface area contributed by atoms with Crippen molar-refractivity contribution in [3.05, 3.63) is 39.8 Å². The van der Waals surface area contributed by atoms with Crippen molar-refractivity contribution in [3.63, 3.8) is 0 Å². The maximum atomic E-state index is 11.7. The third kappa shape index (κ3) is 2.26. The quantitative estimate of drug-likeness (QED) is 0.872. The summed E-state index contributed by atoms with van der Waals surface area (Å²) in [6, 6.07) is 1.83. The molecule has 0 unspecified atom stereocenters. The fourth-order valence-electron chi connectivity index (χ4n) is 2.73. The third-order valence-electron chi connectivity index (χ3n) is 4.14. The Labute approximate surface area is 123 Å². The van der Waals surface area contributed by atoms with E-state index in [1.165, 1.54) is 5.56 Å². The van der Waals surface area contributed by atoms with Crippen LogP contribution in [0.5, 0.6) is 0 Å². The van der Waals surface area contributed by atoms with Crippen molar-refractivity contribution in [3.8, 4) is 0 Å². The number of nitrogens with two attached hydrogens (primary N) is 1. The van der Waals surface area contributed by atoms with E-state index < -0.39 is 5.91 Å². The maximum absolute atomic E-state index is 11.7. The number of rotatable bonds is 2. The Kier molecular flexibility index (Phi) is 3.16. The molecule has 0 aliphatic carbocycles. The molecule has 6 nitrogen and oxygen atoms in total. The van der Waals surface area contributed by atoms with Crippen molar-refractivity contribution in [2.45, 2.75) is 33.7 Å². The zero-order valence-corrected chi connectivity index (χ0v) is 12.5. The first-order valence-electron chi connectivity index (χ1n) is 7.03. The number of amides is 1. The molecule has 1 aliphatic rings. The van der Waals surface area contributed by atoms with E-state index in [9.17, 15) is 4.79 Å². The molecular formula is C15H19N5O. The summed E-state index contributed by atoms with van der Waals surface area (Å²) >= 11 is 0. The molecule has 21 heavy (non-hydrogen) atoms. The SMILES string of the molecule is Cc1cc(C(N)=O)c(N2CCc3n[nH]c(C)c3C2)nc1C. The Balaban J connectivity index is 2.03. The predicted octanol–water partition coefficient (Wildman–Crippen LogP) is 1.39. The van der Waals surface area contributed by atoms with Gasteiger partial charge in [-0.1, -0.05) is 0 Å². The van der Waals surface area contributed by atoms with Gasteiger partial charge in [-0.2, -0.15) is 5.10 Å². The zero-order chi connectivity index (χ0) is 15.1. The number of pyridine rings is 1. The van der Waals surface area contributed by atoms with Crippen LogP contribution >= 0.6 is 0 Å². The van der Waals surface area contributed by atoms with Crippen molar-refractivity contribution in [1.82, 2.24) is 15.2 Å². The molecule has 1 amide bonds. The van der Waals surface area contributed by atoms with E-state index in [0.29, 0.717) is 17.9 Å². The molecule has 2 aromatic rings. The lowest BCUT2D eigenvalue weighted by molar-refractivity contribution is 0.100. The molecule has 0 atom stereocenters. The molecule has 6 heteroatoms. The van der Waals surface area contributed by atoms with Gasteiger partial charge in [-0.3, -0.25) is 9.89 Å². The number of aromatic amines is 1. The number of fused-ring (bicyclic) bond motifs is 1. The van der Waals surface area contributed by atoms with Crippen LogP contribution in [0.15, 0.2) is 6.07 Å². The first-order chi connectivity index (χ1) is 9.97. The largest absolute Gasteiger partial charge is 0.365 e. The molecule has 0 bridgehead atoms. The smallest absolute Gasteiger partial charge is 0.252 e. The lowest BCUT2D eigenvalue weighted by Crippen LogP contribution is -2.33. The van der Waals surface area contributed by atoms with E-state index in [-0.39, 0.29) is 0 Å². The van der Waals surface area contributed by atoms with E-state index in [0.717, 1.165) is 35.6 Å². The zero-order valence-electron chi connectivity index (χ0n) is 12.5. The Morgan fingerprint density at radius 1 is 1.38 bits per heavy atom. The number of nitrogens with zero attached hydrogens (tertiary/aromatic N) is 3. The molecule has 110 valence electrons. The fourth-order valence-corrected chi connectivity index (χ4v) is 2.73. The van der Waals surface area contributed by atoms with E-state index in [2.05, 4.69) is 20.1 Å². The van der Waals surface area contributed by atoms with Crippen LogP contribution in [0.3, 0.4) is 0 Å². The van der Waals surface area contributed by atoms with Gasteiger partial charge in [0, 0.05) is 36.5 Å². The second-order valence-electron chi connectivity index (χ2n) is 5.57. The van der Waals surface area contributed by atoms with Crippen LogP contribution in [0.4, 0.5) is 5.82 Å². The van der Waals surface area contributed by atoms with Crippen LogP contribution in [0.1, 0.15) is 38.6 Å². The number of anilines is 1. The number of aryl methyl sites for hydroxylation is 3. The Morgan fingerprint density at radius 2 is 2.14 bits per heavy atom. The van der Waals surface area contributed by atoms with Gasteiger partial charge in [-0.25, -0.2) is 4.98 Å². The highest BCUT2D eigenvalue weighted by Crippen LogP contribution is 2.27. The number of nitrogens with one attached hydrogen (secondary N) is 1. The van der Waals surface area contributed by atoms with E-state index >= 15 is 0 Å². The van der Waals surface area contributed by atoms with Crippen LogP contribution in [-0.2, 0) is 13.0 Å². The molecule has 3 heterocycles. The monoisotopic (exact) mass is 285 g/mol. The Hall–Kier alpha value is -2.37. The molecule has 0 radical (unpaired) electrons. The molecule has 3 N–H and O–H groups in total. The average Bonchev–Trinajstić information content (AvgIpc) is 2.82. The fraction of sp³-hybridized carbons (Fsp3) is 0.400. The van der Waals surface area contributed by atoms with Crippen molar-refractivity contribution in [2.75, 3.05) is 11.4 Å². The molecule has 0 saturated heterocycles. The van der Waals surface area contributed by atoms with Crippen LogP contribution in [0, 0.1) is 20.8 Å². The predicted molar refractivity (Wildman–Crippen MR) is 80.3 cm³/mol. The highest BCUT2D eigenvalue weighted by Gasteiger charge is 2.25. The molecule has 0 fully saturated rings. The summed E-state index contributed by atoms with van der Waals surface area (Å²) in [7, 11) is 0. The van der Waals surface area contributed by atoms with Gasteiger partial charge in [0.25, 0.3) is 5.91 Å². The molecule has 3 rings (SSSR count). The van der Waals surface area contributed by atoms with Crippen LogP contribution in [0.25, 0.3) is 0 Å². The number of carbonyl (C=O) groups excluding carboxylic acids is 1. The summed E-state index contributed by atoms with van der Waals surface area (Å²) in [5.41, 5.74) is 11.3. The van der Waals surface area contributed by atoms with Gasteiger partial charge in [0.15, 0.2) is 0 Å². The number of carbonyl (C=O) groups is 1. The van der Waals surface area contributed by atoms with Crippen molar-refractivity contribution in [1.29, 1.82) is 0 Å². The molecule has 0 saturated carbocycles. The summed E-state index contributed by atoms with van der Waals surface area (Å²) in [5, 5.41) is 7.33. The van der Waals surface area contributed by atoms with Gasteiger partial charge in [-0.05, 0) is 32.4 Å². The second kappa shape index (κ2) is 4.87. The van der Waals surface area contributed by atoms with Gasteiger partial charge in [0.2, 0.25) is 0 Å². The minimum atomic E-state index is -0.435. The van der Waals surface area contributed by atoms with Gasteiger partial charge < -0.3 is 10.6 Å². The standard InChI is InChI=1S/C15H19N5O/c1-8-6-11(14(16)21)15(17-9(8)2)20-5-4-13-12(7-20)10(3)18-19-13/h6H,4-5,7H2,1-3H3,(H2,16,21)(H,18,19). The van der Waals surface area contributed by atoms with E-state index in [4.69, 9.17) is 5.73 Å². The molecule has 1 aliphatic heterocycles. The second-order valence-corrected chi connectivity index (χ2v) is 5.57. The maximum Gasteiger partial charge on any atom is 0.252 e. The Bertz CT molecular complexity index is 719. The molecule has 0 aromatic carbocycles. The number of hydrogen-bond donors (Lipinski definition) is 2. The van der Waals surface area contributed by atoms with Crippen molar-refractivity contribution in [2.24, 2.45) is 5.73 Å². The average molecular weight is 285 g/mol. The van der Waals surface area contributed by atoms with Gasteiger partial charge >= 0.3 is 0 Å². The van der Waals surface area contributed by atoms with Gasteiger partial charge in [-0.15, -0.1) is 0 Å². The minimum Gasteiger partial charge on any atom is -0.365 e. The third-order valence-corrected chi connectivity index (χ3v) is 4.14. The summed E-state index contributed by atoms with van der Waals surface area (Å²) in [6.07, 6.45) is 0.840. The van der Waals surface area contributed by atoms with Crippen molar-refractivity contribution < 1.29 is 4.79 Å². The van der Waals surface area contributed by atoms with Crippen LogP contribution in [-0.4, -0.2) is 27.6 Å². The lowest BCUT2D eigenvalue weighted by atomic mass is 10.0. The number of aromatic nitrogens is 3. The molecule has 0 spiro atoms. The number of hydrogen-bond acceptors (Lipinski definition) is 4. The topological polar surface area (TPSA) is 87.9 Å². The Morgan fingerprint density at radius 3 is 2.86 bits per heavy atom.